The molecule has 2 aromatic carbocycles. The second-order valence-electron chi connectivity index (χ2n) is 6.69. The quantitative estimate of drug-likeness (QED) is 0.667. The van der Waals surface area contributed by atoms with Crippen LogP contribution < -0.4 is 0 Å². The molecule has 1 aliphatic heterocycles. The zero-order valence-corrected chi connectivity index (χ0v) is 16.5. The first-order valence-electron chi connectivity index (χ1n) is 8.66. The maximum atomic E-state index is 14.1. The van der Waals surface area contributed by atoms with E-state index in [-0.39, 0.29) is 41.5 Å². The number of carboxylic acids is 1. The second-order valence-corrected chi connectivity index (χ2v) is 9.98. The Morgan fingerprint density at radius 1 is 1.14 bits per heavy atom. The van der Waals surface area contributed by atoms with Crippen molar-refractivity contribution in [3.05, 3.63) is 48.0 Å². The molecule has 152 valence electrons. The van der Waals surface area contributed by atoms with Crippen molar-refractivity contribution in [2.75, 3.05) is 13.2 Å². The lowest BCUT2D eigenvalue weighted by Gasteiger charge is -2.32. The van der Waals surface area contributed by atoms with E-state index in [0.717, 1.165) is 23.5 Å². The first-order valence-corrected chi connectivity index (χ1v) is 11.0. The van der Waals surface area contributed by atoms with Crippen LogP contribution in [0, 0.1) is 11.6 Å². The Balaban J connectivity index is 1.80. The van der Waals surface area contributed by atoms with E-state index in [0.29, 0.717) is 10.2 Å². The summed E-state index contributed by atoms with van der Waals surface area (Å²) in [5.41, 5.74) is 0.535. The molecule has 0 amide bonds. The monoisotopic (exact) mass is 439 g/mol. The van der Waals surface area contributed by atoms with Crippen LogP contribution in [0.5, 0.6) is 0 Å². The van der Waals surface area contributed by atoms with Crippen molar-refractivity contribution in [1.29, 1.82) is 0 Å². The van der Waals surface area contributed by atoms with Crippen LogP contribution in [-0.2, 0) is 19.4 Å². The Hall–Kier alpha value is -2.43. The standard InChI is InChI=1S/C19H15F2NO5S2/c20-11-1-3-13(14(21)9-11)17-22-15-4-2-12(10-16(15)28-17)29(25,26)19(18(23)24)5-7-27-8-6-19/h1-4,9-10H,5-8H2,(H,23,24). The van der Waals surface area contributed by atoms with Gasteiger partial charge in [0.1, 0.15) is 16.6 Å². The molecule has 4 rings (SSSR count). The topological polar surface area (TPSA) is 93.6 Å². The molecule has 6 nitrogen and oxygen atoms in total. The number of thiazole rings is 1. The van der Waals surface area contributed by atoms with Crippen LogP contribution >= 0.6 is 11.3 Å². The highest BCUT2D eigenvalue weighted by Gasteiger charge is 2.52. The molecule has 29 heavy (non-hydrogen) atoms. The molecule has 10 heteroatoms. The minimum atomic E-state index is -4.21. The van der Waals surface area contributed by atoms with Gasteiger partial charge in [-0.25, -0.2) is 22.2 Å². The number of rotatable bonds is 4. The normalized spacial score (nSPS) is 16.8. The van der Waals surface area contributed by atoms with Crippen LogP contribution in [-0.4, -0.2) is 42.4 Å². The van der Waals surface area contributed by atoms with Gasteiger partial charge in [-0.15, -0.1) is 11.3 Å². The van der Waals surface area contributed by atoms with Crippen molar-refractivity contribution < 1.29 is 31.8 Å². The van der Waals surface area contributed by atoms with Crippen molar-refractivity contribution in [2.45, 2.75) is 22.5 Å². The van der Waals surface area contributed by atoms with Crippen molar-refractivity contribution in [2.24, 2.45) is 0 Å². The van der Waals surface area contributed by atoms with E-state index in [1.165, 1.54) is 24.3 Å². The van der Waals surface area contributed by atoms with E-state index < -0.39 is 32.2 Å². The van der Waals surface area contributed by atoms with E-state index in [1.54, 1.807) is 0 Å². The van der Waals surface area contributed by atoms with Gasteiger partial charge >= 0.3 is 5.97 Å². The number of hydrogen-bond acceptors (Lipinski definition) is 6. The van der Waals surface area contributed by atoms with Crippen LogP contribution in [0.4, 0.5) is 8.78 Å². The molecular weight excluding hydrogens is 424 g/mol. The van der Waals surface area contributed by atoms with Gasteiger partial charge in [0.25, 0.3) is 0 Å². The molecule has 1 saturated heterocycles. The van der Waals surface area contributed by atoms with Crippen LogP contribution in [0.25, 0.3) is 20.8 Å². The first kappa shape index (κ1) is 19.9. The molecule has 1 aliphatic rings. The number of carbonyl (C=O) groups is 1. The van der Waals surface area contributed by atoms with Gasteiger partial charge in [-0.1, -0.05) is 0 Å². The molecule has 3 aromatic rings. The van der Waals surface area contributed by atoms with Crippen molar-refractivity contribution >= 4 is 37.4 Å². The number of aliphatic carboxylic acids is 1. The van der Waals surface area contributed by atoms with Gasteiger partial charge in [0.2, 0.25) is 0 Å². The number of sulfone groups is 1. The molecule has 0 unspecified atom stereocenters. The molecule has 0 spiro atoms. The van der Waals surface area contributed by atoms with Gasteiger partial charge in [-0.05, 0) is 30.3 Å². The number of aromatic nitrogens is 1. The summed E-state index contributed by atoms with van der Waals surface area (Å²) in [6.45, 7) is 0.0879. The maximum absolute atomic E-state index is 14.1. The third-order valence-electron chi connectivity index (χ3n) is 5.04. The molecule has 0 radical (unpaired) electrons. The maximum Gasteiger partial charge on any atom is 0.325 e. The summed E-state index contributed by atoms with van der Waals surface area (Å²) in [5, 5.41) is 9.96. The molecule has 1 fully saturated rings. The molecule has 2 heterocycles. The zero-order valence-electron chi connectivity index (χ0n) is 14.9. The Kier molecular flexibility index (Phi) is 4.88. The fourth-order valence-electron chi connectivity index (χ4n) is 3.37. The molecule has 0 aliphatic carbocycles. The lowest BCUT2D eigenvalue weighted by molar-refractivity contribution is -0.142. The molecular formula is C19H15F2NO5S2. The summed E-state index contributed by atoms with van der Waals surface area (Å²) in [7, 11) is -4.21. The Morgan fingerprint density at radius 2 is 1.86 bits per heavy atom. The lowest BCUT2D eigenvalue weighted by Crippen LogP contribution is -2.50. The van der Waals surface area contributed by atoms with E-state index in [9.17, 15) is 27.1 Å². The predicted octanol–water partition coefficient (Wildman–Crippen LogP) is 3.65. The third-order valence-corrected chi connectivity index (χ3v) is 8.57. The van der Waals surface area contributed by atoms with Crippen molar-refractivity contribution in [3.63, 3.8) is 0 Å². The fraction of sp³-hybridized carbons (Fsp3) is 0.263. The smallest absolute Gasteiger partial charge is 0.325 e. The van der Waals surface area contributed by atoms with Crippen LogP contribution in [0.2, 0.25) is 0 Å². The van der Waals surface area contributed by atoms with Gasteiger partial charge in [-0.3, -0.25) is 4.79 Å². The van der Waals surface area contributed by atoms with Crippen LogP contribution in [0.1, 0.15) is 12.8 Å². The number of carboxylic acid groups (broad SMARTS) is 1. The van der Waals surface area contributed by atoms with Crippen molar-refractivity contribution in [1.82, 2.24) is 4.98 Å². The molecule has 0 bridgehead atoms. The van der Waals surface area contributed by atoms with E-state index >= 15 is 0 Å². The van der Waals surface area contributed by atoms with Gasteiger partial charge in [0.05, 0.1) is 15.1 Å². The largest absolute Gasteiger partial charge is 0.480 e. The molecule has 0 atom stereocenters. The minimum Gasteiger partial charge on any atom is -0.480 e. The highest BCUT2D eigenvalue weighted by molar-refractivity contribution is 7.93. The van der Waals surface area contributed by atoms with Gasteiger partial charge in [-0.2, -0.15) is 0 Å². The number of hydrogen-bond donors (Lipinski definition) is 1. The molecule has 0 saturated carbocycles. The van der Waals surface area contributed by atoms with Gasteiger partial charge in [0.15, 0.2) is 14.6 Å². The second kappa shape index (κ2) is 7.12. The van der Waals surface area contributed by atoms with Crippen LogP contribution in [0.15, 0.2) is 41.3 Å². The number of fused-ring (bicyclic) bond motifs is 1. The Morgan fingerprint density at radius 3 is 2.52 bits per heavy atom. The summed E-state index contributed by atoms with van der Waals surface area (Å²) >= 11 is 1.04. The predicted molar refractivity (Wildman–Crippen MR) is 103 cm³/mol. The lowest BCUT2D eigenvalue weighted by atomic mass is 9.99. The summed E-state index contributed by atoms with van der Waals surface area (Å²) in [6.07, 6.45) is -0.283. The number of halogens is 2. The van der Waals surface area contributed by atoms with Crippen molar-refractivity contribution in [3.8, 4) is 10.6 Å². The van der Waals surface area contributed by atoms with Gasteiger partial charge < -0.3 is 9.84 Å². The van der Waals surface area contributed by atoms with E-state index in [1.807, 2.05) is 0 Å². The SMILES string of the molecule is O=C(O)C1(S(=O)(=O)c2ccc3nc(-c4ccc(F)cc4F)sc3c2)CCOCC1. The zero-order chi connectivity index (χ0) is 20.8. The summed E-state index contributed by atoms with van der Waals surface area (Å²) in [5.74, 6) is -2.89. The third kappa shape index (κ3) is 3.21. The number of benzene rings is 2. The number of nitrogens with zero attached hydrogens (tertiary/aromatic N) is 1. The molecule has 1 N–H and O–H groups in total. The average molecular weight is 439 g/mol. The highest BCUT2D eigenvalue weighted by Crippen LogP contribution is 2.38. The Bertz CT molecular complexity index is 1220. The summed E-state index contributed by atoms with van der Waals surface area (Å²) in [6, 6.07) is 7.25. The number of ether oxygens (including phenoxy) is 1. The minimum absolute atomic E-state index is 0.0440. The first-order chi connectivity index (χ1) is 13.7. The van der Waals surface area contributed by atoms with E-state index in [2.05, 4.69) is 4.98 Å². The van der Waals surface area contributed by atoms with Gasteiger partial charge in [0, 0.05) is 37.7 Å². The average Bonchev–Trinajstić information content (AvgIpc) is 3.11. The van der Waals surface area contributed by atoms with Crippen LogP contribution in [0.3, 0.4) is 0 Å². The Labute approximate surface area is 168 Å². The van der Waals surface area contributed by atoms with E-state index in [4.69, 9.17) is 4.74 Å². The summed E-state index contributed by atoms with van der Waals surface area (Å²) in [4.78, 5) is 16.0. The fourth-order valence-corrected chi connectivity index (χ4v) is 6.39. The summed E-state index contributed by atoms with van der Waals surface area (Å²) < 4.78 is 57.3. The molecule has 1 aromatic heterocycles. The highest BCUT2D eigenvalue weighted by atomic mass is 32.2.